The van der Waals surface area contributed by atoms with Gasteiger partial charge in [0.05, 0.1) is 18.8 Å². The summed E-state index contributed by atoms with van der Waals surface area (Å²) >= 11 is 1.29. The first-order chi connectivity index (χ1) is 14.5. The fourth-order valence-electron chi connectivity index (χ4n) is 3.22. The molecule has 0 aliphatic carbocycles. The highest BCUT2D eigenvalue weighted by Gasteiger charge is 2.24. The molecule has 0 bridgehead atoms. The van der Waals surface area contributed by atoms with E-state index < -0.39 is 0 Å². The molecular weight excluding hydrogens is 407 g/mol. The van der Waals surface area contributed by atoms with Gasteiger partial charge >= 0.3 is 0 Å². The molecule has 1 unspecified atom stereocenters. The first kappa shape index (κ1) is 20.2. The molecular formula is C22H21FN2O4S. The zero-order valence-corrected chi connectivity index (χ0v) is 17.4. The number of carbonyl (C=O) groups excluding carboxylic acids is 1. The van der Waals surface area contributed by atoms with Gasteiger partial charge in [-0.3, -0.25) is 4.79 Å². The minimum Gasteiger partial charge on any atom is -0.497 e. The average molecular weight is 428 g/mol. The molecule has 30 heavy (non-hydrogen) atoms. The van der Waals surface area contributed by atoms with E-state index in [1.807, 2.05) is 18.2 Å². The summed E-state index contributed by atoms with van der Waals surface area (Å²) < 4.78 is 29.6. The first-order valence-electron chi connectivity index (χ1n) is 9.47. The predicted octanol–water partition coefficient (Wildman–Crippen LogP) is 3.91. The maximum atomic E-state index is 13.0. The van der Waals surface area contributed by atoms with Crippen molar-refractivity contribution in [2.75, 3.05) is 13.7 Å². The SMILES string of the molecule is COc1ccc2c(c1)OCC(NC(=O)c1sc(COc3ccc(F)cc3)nc1C)C2. The summed E-state index contributed by atoms with van der Waals surface area (Å²) in [6, 6.07) is 11.3. The molecule has 1 N–H and O–H groups in total. The van der Waals surface area contributed by atoms with Crippen LogP contribution in [0.2, 0.25) is 0 Å². The minimum atomic E-state index is -0.320. The van der Waals surface area contributed by atoms with Gasteiger partial charge in [0.2, 0.25) is 0 Å². The lowest BCUT2D eigenvalue weighted by Crippen LogP contribution is -2.42. The molecule has 2 aromatic carbocycles. The van der Waals surface area contributed by atoms with Crippen molar-refractivity contribution in [1.82, 2.24) is 10.3 Å². The third kappa shape index (κ3) is 4.54. The lowest BCUT2D eigenvalue weighted by molar-refractivity contribution is 0.0918. The molecule has 2 heterocycles. The fourth-order valence-corrected chi connectivity index (χ4v) is 4.10. The molecule has 1 aliphatic heterocycles. The van der Waals surface area contributed by atoms with E-state index in [-0.39, 0.29) is 24.4 Å². The number of hydrogen-bond acceptors (Lipinski definition) is 6. The summed E-state index contributed by atoms with van der Waals surface area (Å²) in [7, 11) is 1.62. The number of ether oxygens (including phenoxy) is 3. The molecule has 1 atom stereocenters. The van der Waals surface area contributed by atoms with E-state index in [4.69, 9.17) is 14.2 Å². The number of benzene rings is 2. The van der Waals surface area contributed by atoms with Crippen LogP contribution in [0.4, 0.5) is 4.39 Å². The standard InChI is InChI=1S/C22H21FN2O4S/c1-13-21(30-20(24-13)12-28-17-7-4-15(23)5-8-17)22(26)25-16-9-14-3-6-18(27-2)10-19(14)29-11-16/h3-8,10,16H,9,11-12H2,1-2H3,(H,25,26). The largest absolute Gasteiger partial charge is 0.497 e. The van der Waals surface area contributed by atoms with Gasteiger partial charge in [-0.1, -0.05) is 6.07 Å². The quantitative estimate of drug-likeness (QED) is 0.645. The van der Waals surface area contributed by atoms with Gasteiger partial charge in [0.25, 0.3) is 5.91 Å². The maximum Gasteiger partial charge on any atom is 0.263 e. The van der Waals surface area contributed by atoms with Crippen molar-refractivity contribution in [1.29, 1.82) is 0 Å². The Morgan fingerprint density at radius 3 is 2.80 bits per heavy atom. The van der Waals surface area contributed by atoms with Crippen LogP contribution in [-0.2, 0) is 13.0 Å². The first-order valence-corrected chi connectivity index (χ1v) is 10.3. The third-order valence-electron chi connectivity index (χ3n) is 4.74. The highest BCUT2D eigenvalue weighted by Crippen LogP contribution is 2.29. The van der Waals surface area contributed by atoms with Crippen LogP contribution in [0.25, 0.3) is 0 Å². The van der Waals surface area contributed by atoms with Crippen molar-refractivity contribution >= 4 is 17.2 Å². The van der Waals surface area contributed by atoms with Crippen LogP contribution in [0.5, 0.6) is 17.2 Å². The van der Waals surface area contributed by atoms with Gasteiger partial charge in [-0.05, 0) is 49.2 Å². The molecule has 156 valence electrons. The summed E-state index contributed by atoms with van der Waals surface area (Å²) in [6.07, 6.45) is 0.684. The zero-order chi connectivity index (χ0) is 21.1. The van der Waals surface area contributed by atoms with Gasteiger partial charge in [0, 0.05) is 6.07 Å². The van der Waals surface area contributed by atoms with E-state index >= 15 is 0 Å². The van der Waals surface area contributed by atoms with E-state index in [2.05, 4.69) is 10.3 Å². The molecule has 6 nitrogen and oxygen atoms in total. The van der Waals surface area contributed by atoms with Gasteiger partial charge in [0.15, 0.2) is 0 Å². The van der Waals surface area contributed by atoms with Crippen molar-refractivity contribution in [2.24, 2.45) is 0 Å². The summed E-state index contributed by atoms with van der Waals surface area (Å²) in [4.78, 5) is 17.7. The van der Waals surface area contributed by atoms with Crippen molar-refractivity contribution in [2.45, 2.75) is 26.0 Å². The van der Waals surface area contributed by atoms with E-state index in [9.17, 15) is 9.18 Å². The molecule has 1 aliphatic rings. The van der Waals surface area contributed by atoms with Crippen LogP contribution in [0.15, 0.2) is 42.5 Å². The van der Waals surface area contributed by atoms with E-state index in [1.54, 1.807) is 26.2 Å². The summed E-state index contributed by atoms with van der Waals surface area (Å²) in [5.74, 6) is 1.58. The highest BCUT2D eigenvalue weighted by molar-refractivity contribution is 7.13. The monoisotopic (exact) mass is 428 g/mol. The van der Waals surface area contributed by atoms with Crippen LogP contribution in [0, 0.1) is 12.7 Å². The van der Waals surface area contributed by atoms with Crippen molar-refractivity contribution in [3.63, 3.8) is 0 Å². The molecule has 0 fully saturated rings. The molecule has 4 rings (SSSR count). The fraction of sp³-hybridized carbons (Fsp3) is 0.273. The summed E-state index contributed by atoms with van der Waals surface area (Å²) in [5, 5.41) is 3.71. The van der Waals surface area contributed by atoms with Gasteiger partial charge in [0.1, 0.15) is 46.2 Å². The second-order valence-electron chi connectivity index (χ2n) is 6.92. The van der Waals surface area contributed by atoms with Gasteiger partial charge in [-0.15, -0.1) is 11.3 Å². The second-order valence-corrected chi connectivity index (χ2v) is 8.01. The Balaban J connectivity index is 1.37. The Morgan fingerprint density at radius 1 is 1.27 bits per heavy atom. The second kappa shape index (κ2) is 8.71. The minimum absolute atomic E-state index is 0.126. The molecule has 0 saturated heterocycles. The Hall–Kier alpha value is -3.13. The number of rotatable bonds is 6. The topological polar surface area (TPSA) is 69.7 Å². The number of halogens is 1. The average Bonchev–Trinajstić information content (AvgIpc) is 3.13. The number of carbonyl (C=O) groups is 1. The number of aromatic nitrogens is 1. The summed E-state index contributed by atoms with van der Waals surface area (Å²) in [6.45, 7) is 2.40. The number of nitrogens with zero attached hydrogens (tertiary/aromatic N) is 1. The van der Waals surface area contributed by atoms with E-state index in [1.165, 1.54) is 23.5 Å². The molecule has 0 saturated carbocycles. The molecule has 0 radical (unpaired) electrons. The van der Waals surface area contributed by atoms with Crippen LogP contribution >= 0.6 is 11.3 Å². The number of methoxy groups -OCH3 is 1. The lowest BCUT2D eigenvalue weighted by atomic mass is 10.0. The van der Waals surface area contributed by atoms with E-state index in [0.717, 1.165) is 17.1 Å². The van der Waals surface area contributed by atoms with Crippen LogP contribution in [-0.4, -0.2) is 30.6 Å². The van der Waals surface area contributed by atoms with Crippen molar-refractivity contribution in [3.8, 4) is 17.2 Å². The number of aryl methyl sites for hydroxylation is 1. The number of amides is 1. The highest BCUT2D eigenvalue weighted by atomic mass is 32.1. The van der Waals surface area contributed by atoms with Gasteiger partial charge in [-0.25, -0.2) is 9.37 Å². The Morgan fingerprint density at radius 2 is 2.03 bits per heavy atom. The third-order valence-corrected chi connectivity index (χ3v) is 5.87. The van der Waals surface area contributed by atoms with E-state index in [0.29, 0.717) is 34.4 Å². The molecule has 8 heteroatoms. The zero-order valence-electron chi connectivity index (χ0n) is 16.6. The smallest absolute Gasteiger partial charge is 0.263 e. The lowest BCUT2D eigenvalue weighted by Gasteiger charge is -2.26. The van der Waals surface area contributed by atoms with Gasteiger partial charge < -0.3 is 19.5 Å². The van der Waals surface area contributed by atoms with Crippen molar-refractivity contribution < 1.29 is 23.4 Å². The number of thiazole rings is 1. The molecule has 1 aromatic heterocycles. The molecule has 3 aromatic rings. The van der Waals surface area contributed by atoms with Crippen molar-refractivity contribution in [3.05, 3.63) is 69.4 Å². The normalized spacial score (nSPS) is 15.1. The van der Waals surface area contributed by atoms with Crippen LogP contribution in [0.1, 0.15) is 25.9 Å². The maximum absolute atomic E-state index is 13.0. The van der Waals surface area contributed by atoms with Crippen LogP contribution < -0.4 is 19.5 Å². The van der Waals surface area contributed by atoms with Crippen LogP contribution in [0.3, 0.4) is 0 Å². The Kier molecular flexibility index (Phi) is 5.85. The molecule has 1 amide bonds. The number of nitrogens with one attached hydrogen (secondary N) is 1. The number of fused-ring (bicyclic) bond motifs is 1. The summed E-state index contributed by atoms with van der Waals surface area (Å²) in [5.41, 5.74) is 1.68. The predicted molar refractivity (Wildman–Crippen MR) is 111 cm³/mol. The van der Waals surface area contributed by atoms with Gasteiger partial charge in [-0.2, -0.15) is 0 Å². The molecule has 0 spiro atoms. The Bertz CT molecular complexity index is 1050. The number of hydrogen-bond donors (Lipinski definition) is 1. The Labute approximate surface area is 177 Å².